The smallest absolute Gasteiger partial charge is 0.407 e. The summed E-state index contributed by atoms with van der Waals surface area (Å²) >= 11 is 1.57. The summed E-state index contributed by atoms with van der Waals surface area (Å²) in [4.78, 5) is 39.5. The number of thioether (sulfide) groups is 1. The fraction of sp³-hybridized carbons (Fsp3) is 0.444. The lowest BCUT2D eigenvalue weighted by Crippen LogP contribution is -2.58. The Kier molecular flexibility index (Phi) is 8.00. The Bertz CT molecular complexity index is 1050. The summed E-state index contributed by atoms with van der Waals surface area (Å²) in [6, 6.07) is 14.5. The van der Waals surface area contributed by atoms with E-state index in [1.807, 2.05) is 37.4 Å². The monoisotopic (exact) mass is 496 g/mol. The highest BCUT2D eigenvalue weighted by Crippen LogP contribution is 2.44. The van der Waals surface area contributed by atoms with Crippen molar-refractivity contribution >= 4 is 29.7 Å². The number of amides is 2. The molecule has 1 aliphatic carbocycles. The number of likely N-dealkylation sites (tertiary alicyclic amines) is 1. The van der Waals surface area contributed by atoms with E-state index >= 15 is 0 Å². The minimum absolute atomic E-state index is 0.0761. The first kappa shape index (κ1) is 25.1. The molecule has 2 aromatic rings. The summed E-state index contributed by atoms with van der Waals surface area (Å²) in [5.41, 5.74) is 4.51. The second-order valence-corrected chi connectivity index (χ2v) is 10.2. The summed E-state index contributed by atoms with van der Waals surface area (Å²) in [5, 5.41) is 12.5. The molecule has 8 heteroatoms. The molecule has 0 bridgehead atoms. The van der Waals surface area contributed by atoms with Crippen LogP contribution in [0.3, 0.4) is 0 Å². The number of nitrogens with one attached hydrogen (secondary N) is 1. The predicted octanol–water partition coefficient (Wildman–Crippen LogP) is 4.36. The fourth-order valence-electron chi connectivity index (χ4n) is 5.29. The Balaban J connectivity index is 1.45. The van der Waals surface area contributed by atoms with Gasteiger partial charge in [0, 0.05) is 12.5 Å². The molecule has 0 spiro atoms. The average Bonchev–Trinajstić information content (AvgIpc) is 3.18. The molecule has 35 heavy (non-hydrogen) atoms. The largest absolute Gasteiger partial charge is 0.480 e. The number of carboxylic acids is 1. The van der Waals surface area contributed by atoms with Gasteiger partial charge in [-0.3, -0.25) is 4.79 Å². The van der Waals surface area contributed by atoms with Gasteiger partial charge in [0.05, 0.1) is 0 Å². The van der Waals surface area contributed by atoms with E-state index in [9.17, 15) is 19.5 Å². The van der Waals surface area contributed by atoms with E-state index in [0.717, 1.165) is 35.1 Å². The molecule has 4 rings (SSSR count). The van der Waals surface area contributed by atoms with Gasteiger partial charge in [-0.25, -0.2) is 9.59 Å². The number of carbonyl (C=O) groups is 3. The molecule has 2 unspecified atom stereocenters. The summed E-state index contributed by atoms with van der Waals surface area (Å²) < 4.78 is 5.64. The van der Waals surface area contributed by atoms with Gasteiger partial charge in [0.25, 0.3) is 0 Å². The molecule has 2 N–H and O–H groups in total. The van der Waals surface area contributed by atoms with Crippen LogP contribution >= 0.6 is 11.8 Å². The second kappa shape index (κ2) is 11.2. The molecule has 186 valence electrons. The lowest BCUT2D eigenvalue weighted by atomic mass is 9.90. The number of hydrogen-bond acceptors (Lipinski definition) is 5. The first-order valence-corrected chi connectivity index (χ1v) is 13.5. The minimum atomic E-state index is -1.00. The third-order valence-electron chi connectivity index (χ3n) is 7.01. The van der Waals surface area contributed by atoms with Gasteiger partial charge < -0.3 is 20.1 Å². The number of piperidine rings is 1. The molecule has 0 saturated carbocycles. The highest BCUT2D eigenvalue weighted by Gasteiger charge is 2.40. The van der Waals surface area contributed by atoms with E-state index in [1.54, 1.807) is 11.8 Å². The molecule has 7 nitrogen and oxygen atoms in total. The Labute approximate surface area is 210 Å². The highest BCUT2D eigenvalue weighted by molar-refractivity contribution is 7.98. The fourth-order valence-corrected chi connectivity index (χ4v) is 5.76. The average molecular weight is 497 g/mol. The molecular weight excluding hydrogens is 464 g/mol. The van der Waals surface area contributed by atoms with Crippen LogP contribution in [0.15, 0.2) is 48.5 Å². The van der Waals surface area contributed by atoms with E-state index in [2.05, 4.69) is 29.6 Å². The van der Waals surface area contributed by atoms with Crippen molar-refractivity contribution in [2.45, 2.75) is 44.2 Å². The maximum absolute atomic E-state index is 13.4. The molecule has 0 aromatic heterocycles. The van der Waals surface area contributed by atoms with E-state index in [0.29, 0.717) is 18.7 Å². The number of rotatable bonds is 8. The van der Waals surface area contributed by atoms with Gasteiger partial charge in [0.1, 0.15) is 18.7 Å². The van der Waals surface area contributed by atoms with Crippen molar-refractivity contribution in [3.8, 4) is 11.1 Å². The quantitative estimate of drug-likeness (QED) is 0.564. The zero-order chi connectivity index (χ0) is 24.9. The number of aliphatic carboxylic acids is 1. The van der Waals surface area contributed by atoms with Crippen LogP contribution in [-0.4, -0.2) is 65.2 Å². The molecule has 2 aliphatic rings. The molecule has 1 saturated heterocycles. The zero-order valence-corrected chi connectivity index (χ0v) is 20.9. The predicted molar refractivity (Wildman–Crippen MR) is 137 cm³/mol. The SMILES string of the molecule is CSCC[C@@H](NC(=O)OCC1c2ccccc2-c2ccccc21)C(=O)N1CCCC(C)C1C(=O)O. The van der Waals surface area contributed by atoms with Crippen molar-refractivity contribution in [3.63, 3.8) is 0 Å². The standard InChI is InChI=1S/C27H32N2O5S/c1-17-8-7-14-29(24(17)26(31)32)25(30)23(13-15-35-2)28-27(33)34-16-22-20-11-5-3-9-18(20)19-10-4-6-12-21(19)22/h3-6,9-12,17,22-24H,7-8,13-16H2,1-2H3,(H,28,33)(H,31,32)/t17?,23-,24?/m1/s1. The third kappa shape index (κ3) is 5.32. The summed E-state index contributed by atoms with van der Waals surface area (Å²) in [6.45, 7) is 2.39. The van der Waals surface area contributed by atoms with Gasteiger partial charge in [0.15, 0.2) is 0 Å². The minimum Gasteiger partial charge on any atom is -0.480 e. The van der Waals surface area contributed by atoms with Crippen LogP contribution in [0.4, 0.5) is 4.79 Å². The molecule has 0 radical (unpaired) electrons. The maximum atomic E-state index is 13.4. The lowest BCUT2D eigenvalue weighted by Gasteiger charge is -2.39. The van der Waals surface area contributed by atoms with Gasteiger partial charge in [-0.2, -0.15) is 11.8 Å². The molecular formula is C27H32N2O5S. The number of carboxylic acid groups (broad SMARTS) is 1. The summed E-state index contributed by atoms with van der Waals surface area (Å²) in [6.07, 6.45) is 3.18. The topological polar surface area (TPSA) is 95.9 Å². The van der Waals surface area contributed by atoms with E-state index in [-0.39, 0.29) is 24.3 Å². The molecule has 3 atom stereocenters. The van der Waals surface area contributed by atoms with E-state index in [1.165, 1.54) is 4.90 Å². The summed E-state index contributed by atoms with van der Waals surface area (Å²) in [5.74, 6) is -0.920. The van der Waals surface area contributed by atoms with Gasteiger partial charge >= 0.3 is 12.1 Å². The van der Waals surface area contributed by atoms with Gasteiger partial charge in [-0.05, 0) is 59.4 Å². The van der Waals surface area contributed by atoms with E-state index in [4.69, 9.17) is 4.74 Å². The summed E-state index contributed by atoms with van der Waals surface area (Å²) in [7, 11) is 0. The van der Waals surface area contributed by atoms with Crippen molar-refractivity contribution in [2.75, 3.05) is 25.2 Å². The van der Waals surface area contributed by atoms with Crippen molar-refractivity contribution in [1.29, 1.82) is 0 Å². The van der Waals surface area contributed by atoms with Gasteiger partial charge in [-0.1, -0.05) is 55.5 Å². The number of ether oxygens (including phenoxy) is 1. The number of benzene rings is 2. The van der Waals surface area contributed by atoms with E-state index < -0.39 is 24.1 Å². The molecule has 1 fully saturated rings. The van der Waals surface area contributed by atoms with Gasteiger partial charge in [-0.15, -0.1) is 0 Å². The van der Waals surface area contributed by atoms with Crippen LogP contribution in [0.2, 0.25) is 0 Å². The Morgan fingerprint density at radius 2 is 1.74 bits per heavy atom. The van der Waals surface area contributed by atoms with Crippen molar-refractivity contribution in [1.82, 2.24) is 10.2 Å². The molecule has 2 amide bonds. The lowest BCUT2D eigenvalue weighted by molar-refractivity contribution is -0.155. The normalized spacial score (nSPS) is 20.0. The number of fused-ring (bicyclic) bond motifs is 3. The zero-order valence-electron chi connectivity index (χ0n) is 20.1. The van der Waals surface area contributed by atoms with Crippen LogP contribution in [-0.2, 0) is 14.3 Å². The first-order valence-electron chi connectivity index (χ1n) is 12.1. The van der Waals surface area contributed by atoms with Crippen LogP contribution < -0.4 is 5.32 Å². The van der Waals surface area contributed by atoms with Crippen LogP contribution in [0.1, 0.15) is 43.2 Å². The van der Waals surface area contributed by atoms with Crippen LogP contribution in [0.5, 0.6) is 0 Å². The third-order valence-corrected chi connectivity index (χ3v) is 7.66. The van der Waals surface area contributed by atoms with Crippen LogP contribution in [0, 0.1) is 5.92 Å². The van der Waals surface area contributed by atoms with Crippen molar-refractivity contribution in [2.24, 2.45) is 5.92 Å². The number of hydrogen-bond donors (Lipinski definition) is 2. The van der Waals surface area contributed by atoms with Crippen molar-refractivity contribution in [3.05, 3.63) is 59.7 Å². The van der Waals surface area contributed by atoms with Crippen LogP contribution in [0.25, 0.3) is 11.1 Å². The Morgan fingerprint density at radius 3 is 2.34 bits per heavy atom. The molecule has 1 aliphatic heterocycles. The van der Waals surface area contributed by atoms with Gasteiger partial charge in [0.2, 0.25) is 5.91 Å². The maximum Gasteiger partial charge on any atom is 0.407 e. The number of alkyl carbamates (subject to hydrolysis) is 1. The molecule has 2 aromatic carbocycles. The second-order valence-electron chi connectivity index (χ2n) is 9.24. The van der Waals surface area contributed by atoms with Crippen molar-refractivity contribution < 1.29 is 24.2 Å². The highest BCUT2D eigenvalue weighted by atomic mass is 32.2. The number of nitrogens with zero attached hydrogens (tertiary/aromatic N) is 1. The Hall–Kier alpha value is -3.00. The number of carbonyl (C=O) groups excluding carboxylic acids is 2. The first-order chi connectivity index (χ1) is 16.9. The Morgan fingerprint density at radius 1 is 1.11 bits per heavy atom. The molecule has 1 heterocycles.